The molecule has 2 aliphatic heterocycles. The summed E-state index contributed by atoms with van der Waals surface area (Å²) >= 11 is 0. The van der Waals surface area contributed by atoms with Gasteiger partial charge in [-0.25, -0.2) is 0 Å². The van der Waals surface area contributed by atoms with Gasteiger partial charge in [0.25, 0.3) is 0 Å². The topological polar surface area (TPSA) is 82.8 Å². The van der Waals surface area contributed by atoms with E-state index in [9.17, 15) is 9.90 Å². The first-order valence-electron chi connectivity index (χ1n) is 10.9. The molecule has 0 spiro atoms. The lowest BCUT2D eigenvalue weighted by molar-refractivity contribution is -0.121. The predicted octanol–water partition coefficient (Wildman–Crippen LogP) is 4.27. The number of hydrogen-bond acceptors (Lipinski definition) is 6. The highest BCUT2D eigenvalue weighted by Gasteiger charge is 2.28. The minimum atomic E-state index is -0.714. The van der Waals surface area contributed by atoms with E-state index in [0.29, 0.717) is 44.0 Å². The Morgan fingerprint density at radius 2 is 1.87 bits per heavy atom. The van der Waals surface area contributed by atoms with Crippen molar-refractivity contribution in [3.63, 3.8) is 0 Å². The lowest BCUT2D eigenvalue weighted by Crippen LogP contribution is -2.31. The van der Waals surface area contributed by atoms with E-state index in [1.54, 1.807) is 0 Å². The SMILES string of the molecule is C.N#CCCCCCC(=O)C[C@H](CN1CCCC1)[C@H](O)c1ccc2c(c1)OCCO2. The lowest BCUT2D eigenvalue weighted by Gasteiger charge is -2.28. The van der Waals surface area contributed by atoms with Gasteiger partial charge in [0, 0.05) is 31.7 Å². The largest absolute Gasteiger partial charge is 0.486 e. The number of unbranched alkanes of at least 4 members (excludes halogenated alkanes) is 3. The van der Waals surface area contributed by atoms with Crippen LogP contribution in [0, 0.1) is 17.2 Å². The van der Waals surface area contributed by atoms with Gasteiger partial charge in [-0.1, -0.05) is 19.9 Å². The quantitative estimate of drug-likeness (QED) is 0.542. The van der Waals surface area contributed by atoms with Crippen LogP contribution in [0.2, 0.25) is 0 Å². The lowest BCUT2D eigenvalue weighted by atomic mass is 9.89. The van der Waals surface area contributed by atoms with Gasteiger partial charge in [-0.3, -0.25) is 4.79 Å². The van der Waals surface area contributed by atoms with Crippen LogP contribution in [0.25, 0.3) is 0 Å². The Hall–Kier alpha value is -2.10. The molecule has 2 aliphatic rings. The number of nitriles is 1. The van der Waals surface area contributed by atoms with E-state index in [4.69, 9.17) is 14.7 Å². The van der Waals surface area contributed by atoms with Crippen LogP contribution in [0.1, 0.15) is 70.5 Å². The van der Waals surface area contributed by atoms with Crippen molar-refractivity contribution >= 4 is 5.78 Å². The number of ether oxygens (including phenoxy) is 2. The maximum atomic E-state index is 12.6. The number of aliphatic hydroxyl groups is 1. The summed E-state index contributed by atoms with van der Waals surface area (Å²) < 4.78 is 11.2. The molecule has 0 saturated carbocycles. The summed E-state index contributed by atoms with van der Waals surface area (Å²) in [6.45, 7) is 3.85. The molecule has 0 amide bonds. The van der Waals surface area contributed by atoms with Gasteiger partial charge in [0.15, 0.2) is 11.5 Å². The van der Waals surface area contributed by atoms with Crippen LogP contribution in [0.3, 0.4) is 0 Å². The average Bonchev–Trinajstić information content (AvgIpc) is 3.25. The monoisotopic (exact) mass is 416 g/mol. The third-order valence-electron chi connectivity index (χ3n) is 5.78. The van der Waals surface area contributed by atoms with Crippen LogP contribution >= 0.6 is 0 Å². The Kier molecular flexibility index (Phi) is 10.1. The number of carbonyl (C=O) groups is 1. The van der Waals surface area contributed by atoms with Crippen molar-refractivity contribution in [2.24, 2.45) is 5.92 Å². The number of aliphatic hydroxyl groups excluding tert-OH is 1. The molecular weight excluding hydrogens is 380 g/mol. The van der Waals surface area contributed by atoms with E-state index in [0.717, 1.165) is 44.5 Å². The van der Waals surface area contributed by atoms with Gasteiger partial charge < -0.3 is 19.5 Å². The second-order valence-electron chi connectivity index (χ2n) is 8.08. The van der Waals surface area contributed by atoms with Crippen molar-refractivity contribution in [3.05, 3.63) is 23.8 Å². The van der Waals surface area contributed by atoms with Crippen LogP contribution in [0.4, 0.5) is 0 Å². The first-order valence-corrected chi connectivity index (χ1v) is 10.9. The molecule has 0 aromatic heterocycles. The summed E-state index contributed by atoms with van der Waals surface area (Å²) in [5.41, 5.74) is 0.778. The molecule has 0 aliphatic carbocycles. The van der Waals surface area contributed by atoms with Crippen LogP contribution in [-0.2, 0) is 4.79 Å². The molecular formula is C24H36N2O4. The molecule has 0 radical (unpaired) electrons. The van der Waals surface area contributed by atoms with Gasteiger partial charge in [-0.2, -0.15) is 5.26 Å². The van der Waals surface area contributed by atoms with Crippen molar-refractivity contribution in [3.8, 4) is 17.6 Å². The zero-order valence-electron chi connectivity index (χ0n) is 17.1. The summed E-state index contributed by atoms with van der Waals surface area (Å²) in [6.07, 6.45) is 5.67. The maximum Gasteiger partial charge on any atom is 0.161 e. The van der Waals surface area contributed by atoms with Crippen LogP contribution in [0.5, 0.6) is 11.5 Å². The molecule has 1 aromatic carbocycles. The summed E-state index contributed by atoms with van der Waals surface area (Å²) in [7, 11) is 0. The molecule has 2 heterocycles. The van der Waals surface area contributed by atoms with Crippen molar-refractivity contribution in [2.75, 3.05) is 32.8 Å². The van der Waals surface area contributed by atoms with Gasteiger partial charge in [0.2, 0.25) is 0 Å². The first kappa shape index (κ1) is 24.2. The molecule has 0 unspecified atom stereocenters. The number of fused-ring (bicyclic) bond motifs is 1. The molecule has 3 rings (SSSR count). The van der Waals surface area contributed by atoms with E-state index in [1.165, 1.54) is 12.8 Å². The number of likely N-dealkylation sites (tertiary alicyclic amines) is 1. The fourth-order valence-electron chi connectivity index (χ4n) is 4.19. The molecule has 1 aromatic rings. The highest BCUT2D eigenvalue weighted by atomic mass is 16.6. The van der Waals surface area contributed by atoms with Gasteiger partial charge in [0.05, 0.1) is 12.2 Å². The molecule has 6 heteroatoms. The number of Topliss-reactive ketones (excluding diaryl/α,β-unsaturated/α-hetero) is 1. The maximum absolute atomic E-state index is 12.6. The van der Waals surface area contributed by atoms with E-state index in [2.05, 4.69) is 11.0 Å². The minimum Gasteiger partial charge on any atom is -0.486 e. The third kappa shape index (κ3) is 7.00. The number of benzene rings is 1. The van der Waals surface area contributed by atoms with Gasteiger partial charge in [-0.05, 0) is 56.5 Å². The summed E-state index contributed by atoms with van der Waals surface area (Å²) in [5, 5.41) is 19.7. The molecule has 2 atom stereocenters. The zero-order valence-corrected chi connectivity index (χ0v) is 17.1. The van der Waals surface area contributed by atoms with E-state index in [-0.39, 0.29) is 19.1 Å². The van der Waals surface area contributed by atoms with Gasteiger partial charge >= 0.3 is 0 Å². The highest BCUT2D eigenvalue weighted by Crippen LogP contribution is 2.35. The Morgan fingerprint density at radius 3 is 2.60 bits per heavy atom. The Labute approximate surface area is 180 Å². The normalized spacial score (nSPS) is 17.6. The van der Waals surface area contributed by atoms with E-state index >= 15 is 0 Å². The van der Waals surface area contributed by atoms with Crippen molar-refractivity contribution in [1.82, 2.24) is 4.90 Å². The number of rotatable bonds is 11. The van der Waals surface area contributed by atoms with Crippen LogP contribution in [0.15, 0.2) is 18.2 Å². The fraction of sp³-hybridized carbons (Fsp3) is 0.667. The smallest absolute Gasteiger partial charge is 0.161 e. The standard InChI is InChI=1S/C23H32N2O4.CH4/c24-10-4-2-1-3-7-20(26)15-19(17-25-11-5-6-12-25)23(27)18-8-9-21-22(16-18)29-14-13-28-21;/h8-9,16,19,23,27H,1-7,11-15,17H2;1H4/t19-,23-;/m1./s1. The second kappa shape index (κ2) is 12.6. The zero-order chi connectivity index (χ0) is 20.5. The van der Waals surface area contributed by atoms with Crippen molar-refractivity contribution in [1.29, 1.82) is 5.26 Å². The number of carbonyl (C=O) groups excluding carboxylic acids is 1. The molecule has 1 N–H and O–H groups in total. The summed E-state index contributed by atoms with van der Waals surface area (Å²) in [4.78, 5) is 14.9. The number of nitrogens with zero attached hydrogens (tertiary/aromatic N) is 2. The molecule has 166 valence electrons. The molecule has 6 nitrogen and oxygen atoms in total. The van der Waals surface area contributed by atoms with Gasteiger partial charge in [-0.15, -0.1) is 0 Å². The summed E-state index contributed by atoms with van der Waals surface area (Å²) in [6, 6.07) is 7.71. The van der Waals surface area contributed by atoms with Gasteiger partial charge in [0.1, 0.15) is 19.0 Å². The van der Waals surface area contributed by atoms with Crippen molar-refractivity contribution < 1.29 is 19.4 Å². The van der Waals surface area contributed by atoms with Crippen molar-refractivity contribution in [2.45, 2.75) is 64.9 Å². The third-order valence-corrected chi connectivity index (χ3v) is 5.78. The molecule has 30 heavy (non-hydrogen) atoms. The molecule has 1 fully saturated rings. The average molecular weight is 417 g/mol. The van der Waals surface area contributed by atoms with E-state index in [1.807, 2.05) is 18.2 Å². The van der Waals surface area contributed by atoms with E-state index < -0.39 is 6.10 Å². The Morgan fingerprint density at radius 1 is 1.13 bits per heavy atom. The predicted molar refractivity (Wildman–Crippen MR) is 117 cm³/mol. The number of ketones is 1. The first-order chi connectivity index (χ1) is 14.2. The van der Waals surface area contributed by atoms with Crippen LogP contribution < -0.4 is 9.47 Å². The second-order valence-corrected chi connectivity index (χ2v) is 8.08. The Balaban J connectivity index is 0.00000320. The highest BCUT2D eigenvalue weighted by molar-refractivity contribution is 5.78. The number of hydrogen-bond donors (Lipinski definition) is 1. The Bertz CT molecular complexity index is 710. The summed E-state index contributed by atoms with van der Waals surface area (Å²) in [5.74, 6) is 1.43. The fourth-order valence-corrected chi connectivity index (χ4v) is 4.19. The van der Waals surface area contributed by atoms with Crippen LogP contribution in [-0.4, -0.2) is 48.6 Å². The minimum absolute atomic E-state index is 0. The molecule has 1 saturated heterocycles. The molecule has 0 bridgehead atoms.